The summed E-state index contributed by atoms with van der Waals surface area (Å²) in [4.78, 5) is 18.3. The van der Waals surface area contributed by atoms with Gasteiger partial charge in [0.2, 0.25) is 0 Å². The van der Waals surface area contributed by atoms with Crippen LogP contribution in [0.1, 0.15) is 23.0 Å². The van der Waals surface area contributed by atoms with Crippen LogP contribution in [0.5, 0.6) is 0 Å². The van der Waals surface area contributed by atoms with E-state index in [-0.39, 0.29) is 5.78 Å². The SMILES string of the molecule is CC(=O)c1c(NCCc2ccc[nH]2)[nH]c2ccccc12. The fourth-order valence-corrected chi connectivity index (χ4v) is 2.49. The molecule has 3 rings (SSSR count). The minimum Gasteiger partial charge on any atom is -0.371 e. The molecule has 0 amide bonds. The summed E-state index contributed by atoms with van der Waals surface area (Å²) in [5.74, 6) is 0.884. The van der Waals surface area contributed by atoms with Gasteiger partial charge in [0.1, 0.15) is 5.82 Å². The maximum Gasteiger partial charge on any atom is 0.164 e. The molecule has 1 aromatic carbocycles. The lowest BCUT2D eigenvalue weighted by Gasteiger charge is -2.05. The Morgan fingerprint density at radius 3 is 2.80 bits per heavy atom. The number of carbonyl (C=O) groups excluding carboxylic acids is 1. The van der Waals surface area contributed by atoms with Gasteiger partial charge in [0.15, 0.2) is 5.78 Å². The van der Waals surface area contributed by atoms with Gasteiger partial charge in [-0.3, -0.25) is 4.79 Å². The molecule has 20 heavy (non-hydrogen) atoms. The van der Waals surface area contributed by atoms with Crippen molar-refractivity contribution in [2.75, 3.05) is 11.9 Å². The minimum atomic E-state index is 0.0739. The van der Waals surface area contributed by atoms with Gasteiger partial charge in [-0.25, -0.2) is 0 Å². The molecule has 4 heteroatoms. The van der Waals surface area contributed by atoms with Crippen molar-refractivity contribution in [3.8, 4) is 0 Å². The number of Topliss-reactive ketones (excluding diaryl/α,β-unsaturated/α-hetero) is 1. The van der Waals surface area contributed by atoms with Gasteiger partial charge in [-0.2, -0.15) is 0 Å². The highest BCUT2D eigenvalue weighted by Gasteiger charge is 2.14. The average molecular weight is 267 g/mol. The van der Waals surface area contributed by atoms with Crippen LogP contribution in [0.4, 0.5) is 5.82 Å². The number of aromatic amines is 2. The first kappa shape index (κ1) is 12.5. The van der Waals surface area contributed by atoms with Crippen LogP contribution in [0.15, 0.2) is 42.6 Å². The zero-order valence-corrected chi connectivity index (χ0v) is 11.4. The number of anilines is 1. The number of para-hydroxylation sites is 1. The standard InChI is InChI=1S/C16H17N3O/c1-11(20)15-13-6-2-3-7-14(13)19-16(15)18-10-8-12-5-4-9-17-12/h2-7,9,17-19H,8,10H2,1H3. The molecule has 2 heterocycles. The molecule has 3 aromatic rings. The van der Waals surface area contributed by atoms with E-state index < -0.39 is 0 Å². The smallest absolute Gasteiger partial charge is 0.164 e. The van der Waals surface area contributed by atoms with Crippen molar-refractivity contribution in [2.24, 2.45) is 0 Å². The van der Waals surface area contributed by atoms with E-state index in [0.29, 0.717) is 0 Å². The van der Waals surface area contributed by atoms with Crippen LogP contribution in [0, 0.1) is 0 Å². The van der Waals surface area contributed by atoms with E-state index in [9.17, 15) is 4.79 Å². The summed E-state index contributed by atoms with van der Waals surface area (Å²) in [6.45, 7) is 2.37. The number of fused-ring (bicyclic) bond motifs is 1. The first-order valence-electron chi connectivity index (χ1n) is 6.73. The number of rotatable bonds is 5. The zero-order chi connectivity index (χ0) is 13.9. The normalized spacial score (nSPS) is 10.8. The van der Waals surface area contributed by atoms with E-state index >= 15 is 0 Å². The van der Waals surface area contributed by atoms with Crippen LogP contribution in [0.25, 0.3) is 10.9 Å². The van der Waals surface area contributed by atoms with Gasteiger partial charge >= 0.3 is 0 Å². The molecule has 0 aliphatic rings. The van der Waals surface area contributed by atoms with Crippen LogP contribution >= 0.6 is 0 Å². The van der Waals surface area contributed by atoms with Gasteiger partial charge in [0.05, 0.1) is 5.56 Å². The van der Waals surface area contributed by atoms with Crippen molar-refractivity contribution in [1.29, 1.82) is 0 Å². The van der Waals surface area contributed by atoms with Crippen LogP contribution in [-0.2, 0) is 6.42 Å². The lowest BCUT2D eigenvalue weighted by Crippen LogP contribution is -2.08. The molecule has 0 aliphatic heterocycles. The highest BCUT2D eigenvalue weighted by molar-refractivity contribution is 6.11. The van der Waals surface area contributed by atoms with Gasteiger partial charge in [0.25, 0.3) is 0 Å². The number of carbonyl (C=O) groups is 1. The van der Waals surface area contributed by atoms with Gasteiger partial charge in [-0.15, -0.1) is 0 Å². The van der Waals surface area contributed by atoms with E-state index in [1.807, 2.05) is 36.5 Å². The number of nitrogens with one attached hydrogen (secondary N) is 3. The van der Waals surface area contributed by atoms with E-state index in [2.05, 4.69) is 21.4 Å². The van der Waals surface area contributed by atoms with Crippen molar-refractivity contribution < 1.29 is 4.79 Å². The minimum absolute atomic E-state index is 0.0739. The number of ketones is 1. The summed E-state index contributed by atoms with van der Waals surface area (Å²) in [7, 11) is 0. The Hall–Kier alpha value is -2.49. The molecule has 2 aromatic heterocycles. The fourth-order valence-electron chi connectivity index (χ4n) is 2.49. The average Bonchev–Trinajstić information content (AvgIpc) is 3.05. The summed E-state index contributed by atoms with van der Waals surface area (Å²) in [6.07, 6.45) is 2.80. The molecule has 0 aliphatic carbocycles. The first-order valence-corrected chi connectivity index (χ1v) is 6.73. The Morgan fingerprint density at radius 2 is 2.05 bits per heavy atom. The molecule has 0 radical (unpaired) electrons. The van der Waals surface area contributed by atoms with Crippen molar-refractivity contribution in [2.45, 2.75) is 13.3 Å². The second-order valence-electron chi connectivity index (χ2n) is 4.85. The van der Waals surface area contributed by atoms with Crippen LogP contribution in [0.2, 0.25) is 0 Å². The molecule has 0 saturated heterocycles. The lowest BCUT2D eigenvalue weighted by molar-refractivity contribution is 0.102. The number of hydrogen-bond donors (Lipinski definition) is 3. The second kappa shape index (κ2) is 5.25. The third-order valence-electron chi connectivity index (χ3n) is 3.42. The van der Waals surface area contributed by atoms with Crippen molar-refractivity contribution >= 4 is 22.5 Å². The maximum absolute atomic E-state index is 11.9. The predicted octanol–water partition coefficient (Wildman–Crippen LogP) is 3.35. The van der Waals surface area contributed by atoms with E-state index in [1.165, 1.54) is 5.69 Å². The van der Waals surface area contributed by atoms with E-state index in [4.69, 9.17) is 0 Å². The Bertz CT molecular complexity index is 725. The Balaban J connectivity index is 1.83. The maximum atomic E-state index is 11.9. The number of aromatic nitrogens is 2. The van der Waals surface area contributed by atoms with Gasteiger partial charge in [-0.05, 0) is 25.1 Å². The van der Waals surface area contributed by atoms with Crippen LogP contribution in [-0.4, -0.2) is 22.3 Å². The van der Waals surface area contributed by atoms with Crippen LogP contribution < -0.4 is 5.32 Å². The Kier molecular flexibility index (Phi) is 3.29. The Labute approximate surface area is 117 Å². The number of hydrogen-bond acceptors (Lipinski definition) is 2. The summed E-state index contributed by atoms with van der Waals surface area (Å²) in [6, 6.07) is 11.9. The summed E-state index contributed by atoms with van der Waals surface area (Å²) >= 11 is 0. The van der Waals surface area contributed by atoms with Crippen LogP contribution in [0.3, 0.4) is 0 Å². The molecule has 0 bridgehead atoms. The third-order valence-corrected chi connectivity index (χ3v) is 3.42. The summed E-state index contributed by atoms with van der Waals surface area (Å²) < 4.78 is 0. The van der Waals surface area contributed by atoms with Gasteiger partial charge in [-0.1, -0.05) is 18.2 Å². The molecule has 0 fully saturated rings. The topological polar surface area (TPSA) is 60.7 Å². The molecule has 0 spiro atoms. The molecule has 0 saturated carbocycles. The molecule has 0 atom stereocenters. The van der Waals surface area contributed by atoms with Crippen molar-refractivity contribution in [3.63, 3.8) is 0 Å². The number of benzene rings is 1. The molecule has 4 nitrogen and oxygen atoms in total. The molecule has 0 unspecified atom stereocenters. The quantitative estimate of drug-likeness (QED) is 0.621. The van der Waals surface area contributed by atoms with E-state index in [1.54, 1.807) is 6.92 Å². The fraction of sp³-hybridized carbons (Fsp3) is 0.188. The van der Waals surface area contributed by atoms with E-state index in [0.717, 1.165) is 35.2 Å². The second-order valence-corrected chi connectivity index (χ2v) is 4.85. The lowest BCUT2D eigenvalue weighted by atomic mass is 10.1. The highest BCUT2D eigenvalue weighted by atomic mass is 16.1. The molecular formula is C16H17N3O. The third kappa shape index (κ3) is 2.32. The number of H-pyrrole nitrogens is 2. The summed E-state index contributed by atoms with van der Waals surface area (Å²) in [5.41, 5.74) is 2.91. The van der Waals surface area contributed by atoms with Crippen molar-refractivity contribution in [3.05, 3.63) is 53.9 Å². The molecular weight excluding hydrogens is 250 g/mol. The molecule has 3 N–H and O–H groups in total. The van der Waals surface area contributed by atoms with Gasteiger partial charge in [0, 0.05) is 35.8 Å². The van der Waals surface area contributed by atoms with Crippen molar-refractivity contribution in [1.82, 2.24) is 9.97 Å². The Morgan fingerprint density at radius 1 is 1.20 bits per heavy atom. The highest BCUT2D eigenvalue weighted by Crippen LogP contribution is 2.26. The predicted molar refractivity (Wildman–Crippen MR) is 81.3 cm³/mol. The summed E-state index contributed by atoms with van der Waals surface area (Å²) in [5, 5.41) is 4.30. The monoisotopic (exact) mass is 267 g/mol. The molecule has 102 valence electrons. The van der Waals surface area contributed by atoms with Gasteiger partial charge < -0.3 is 15.3 Å². The first-order chi connectivity index (χ1) is 9.75. The zero-order valence-electron chi connectivity index (χ0n) is 11.4. The largest absolute Gasteiger partial charge is 0.371 e.